The van der Waals surface area contributed by atoms with E-state index >= 15 is 0 Å². The van der Waals surface area contributed by atoms with E-state index in [1.54, 1.807) is 10.4 Å². The van der Waals surface area contributed by atoms with Gasteiger partial charge in [-0.2, -0.15) is 0 Å². The number of aromatic nitrogens is 1. The van der Waals surface area contributed by atoms with Crippen LogP contribution >= 0.6 is 11.3 Å². The number of hydrogen-bond donors (Lipinski definition) is 1. The molecular weight excluding hydrogens is 343 g/mol. The molecule has 132 valence electrons. The van der Waals surface area contributed by atoms with Crippen LogP contribution in [0.2, 0.25) is 0 Å². The maximum atomic E-state index is 12.9. The Balaban J connectivity index is 1.47. The topological polar surface area (TPSA) is 65.5 Å². The molecule has 8 heteroatoms. The quantitative estimate of drug-likeness (QED) is 0.903. The van der Waals surface area contributed by atoms with Crippen molar-refractivity contribution in [1.82, 2.24) is 14.8 Å². The molecule has 1 N–H and O–H groups in total. The summed E-state index contributed by atoms with van der Waals surface area (Å²) in [5.74, 6) is -0.477. The van der Waals surface area contributed by atoms with E-state index in [1.165, 1.54) is 35.6 Å². The van der Waals surface area contributed by atoms with Gasteiger partial charge in [-0.05, 0) is 31.2 Å². The van der Waals surface area contributed by atoms with Crippen LogP contribution in [0.15, 0.2) is 29.8 Å². The van der Waals surface area contributed by atoms with Crippen LogP contribution in [-0.2, 0) is 4.79 Å². The lowest BCUT2D eigenvalue weighted by Gasteiger charge is -2.34. The molecule has 1 fully saturated rings. The molecule has 25 heavy (non-hydrogen) atoms. The first-order chi connectivity index (χ1) is 12.0. The number of piperazine rings is 1. The monoisotopic (exact) mass is 362 g/mol. The van der Waals surface area contributed by atoms with Gasteiger partial charge < -0.3 is 10.2 Å². The molecule has 1 aliphatic heterocycles. The van der Waals surface area contributed by atoms with Gasteiger partial charge >= 0.3 is 0 Å². The summed E-state index contributed by atoms with van der Waals surface area (Å²) in [7, 11) is 0. The predicted octanol–water partition coefficient (Wildman–Crippen LogP) is 1.99. The lowest BCUT2D eigenvalue weighted by molar-refractivity contribution is -0.117. The number of anilines is 1. The SMILES string of the molecule is Cc1ncsc1C(=O)N1CCN(CC(=O)Nc2ccc(F)cc2)CC1. The number of benzene rings is 1. The molecule has 0 bridgehead atoms. The summed E-state index contributed by atoms with van der Waals surface area (Å²) in [6, 6.07) is 5.67. The largest absolute Gasteiger partial charge is 0.335 e. The van der Waals surface area contributed by atoms with E-state index in [9.17, 15) is 14.0 Å². The summed E-state index contributed by atoms with van der Waals surface area (Å²) in [6.45, 7) is 4.53. The Morgan fingerprint density at radius 3 is 2.48 bits per heavy atom. The molecule has 0 atom stereocenters. The van der Waals surface area contributed by atoms with E-state index in [4.69, 9.17) is 0 Å². The minimum atomic E-state index is -0.338. The van der Waals surface area contributed by atoms with Crippen molar-refractivity contribution in [1.29, 1.82) is 0 Å². The van der Waals surface area contributed by atoms with Gasteiger partial charge in [-0.25, -0.2) is 9.37 Å². The molecule has 2 amide bonds. The second-order valence-corrected chi connectivity index (χ2v) is 6.75. The lowest BCUT2D eigenvalue weighted by Crippen LogP contribution is -2.50. The molecule has 0 radical (unpaired) electrons. The Morgan fingerprint density at radius 2 is 1.88 bits per heavy atom. The van der Waals surface area contributed by atoms with Crippen LogP contribution in [0.5, 0.6) is 0 Å². The molecular formula is C17H19FN4O2S. The van der Waals surface area contributed by atoms with E-state index in [2.05, 4.69) is 10.3 Å². The van der Waals surface area contributed by atoms with Gasteiger partial charge in [0.1, 0.15) is 10.7 Å². The third kappa shape index (κ3) is 4.40. The number of carbonyl (C=O) groups is 2. The van der Waals surface area contributed by atoms with E-state index in [0.717, 1.165) is 5.69 Å². The Morgan fingerprint density at radius 1 is 1.20 bits per heavy atom. The van der Waals surface area contributed by atoms with Gasteiger partial charge in [-0.3, -0.25) is 14.5 Å². The van der Waals surface area contributed by atoms with Crippen molar-refractivity contribution in [2.24, 2.45) is 0 Å². The summed E-state index contributed by atoms with van der Waals surface area (Å²) in [5.41, 5.74) is 3.01. The van der Waals surface area contributed by atoms with Crippen molar-refractivity contribution in [2.45, 2.75) is 6.92 Å². The number of amides is 2. The minimum Gasteiger partial charge on any atom is -0.335 e. The normalized spacial score (nSPS) is 15.2. The first kappa shape index (κ1) is 17.5. The third-order valence-corrected chi connectivity index (χ3v) is 5.01. The highest BCUT2D eigenvalue weighted by atomic mass is 32.1. The second-order valence-electron chi connectivity index (χ2n) is 5.89. The first-order valence-electron chi connectivity index (χ1n) is 8.00. The maximum absolute atomic E-state index is 12.9. The molecule has 1 aliphatic rings. The van der Waals surface area contributed by atoms with Gasteiger partial charge in [-0.15, -0.1) is 11.3 Å². The highest BCUT2D eigenvalue weighted by Crippen LogP contribution is 2.16. The predicted molar refractivity (Wildman–Crippen MR) is 94.2 cm³/mol. The highest BCUT2D eigenvalue weighted by molar-refractivity contribution is 7.11. The number of carbonyl (C=O) groups excluding carboxylic acids is 2. The summed E-state index contributed by atoms with van der Waals surface area (Å²) >= 11 is 1.36. The van der Waals surface area contributed by atoms with Crippen molar-refractivity contribution < 1.29 is 14.0 Å². The van der Waals surface area contributed by atoms with E-state index in [1.807, 2.05) is 11.8 Å². The van der Waals surface area contributed by atoms with E-state index < -0.39 is 0 Å². The molecule has 0 unspecified atom stereocenters. The van der Waals surface area contributed by atoms with Crippen molar-refractivity contribution in [2.75, 3.05) is 38.0 Å². The Hall–Kier alpha value is -2.32. The molecule has 2 aromatic rings. The molecule has 3 rings (SSSR count). The summed E-state index contributed by atoms with van der Waals surface area (Å²) in [6.07, 6.45) is 0. The molecule has 6 nitrogen and oxygen atoms in total. The fourth-order valence-electron chi connectivity index (χ4n) is 2.70. The van der Waals surface area contributed by atoms with Crippen LogP contribution in [0.1, 0.15) is 15.4 Å². The van der Waals surface area contributed by atoms with Gasteiger partial charge in [0.25, 0.3) is 5.91 Å². The van der Waals surface area contributed by atoms with Crippen LogP contribution < -0.4 is 5.32 Å². The van der Waals surface area contributed by atoms with Gasteiger partial charge in [0.15, 0.2) is 0 Å². The zero-order valence-electron chi connectivity index (χ0n) is 13.9. The molecule has 0 spiro atoms. The molecule has 1 aromatic carbocycles. The fraction of sp³-hybridized carbons (Fsp3) is 0.353. The standard InChI is InChI=1S/C17H19FN4O2S/c1-12-16(25-11-19-12)17(24)22-8-6-21(7-9-22)10-15(23)20-14-4-2-13(18)3-5-14/h2-5,11H,6-10H2,1H3,(H,20,23). The number of hydrogen-bond acceptors (Lipinski definition) is 5. The number of aryl methyl sites for hydroxylation is 1. The lowest BCUT2D eigenvalue weighted by atomic mass is 10.2. The maximum Gasteiger partial charge on any atom is 0.265 e. The average Bonchev–Trinajstić information content (AvgIpc) is 3.03. The number of halogens is 1. The molecule has 0 aliphatic carbocycles. The zero-order chi connectivity index (χ0) is 17.8. The summed E-state index contributed by atoms with van der Waals surface area (Å²) in [5, 5.41) is 2.75. The number of nitrogens with one attached hydrogen (secondary N) is 1. The number of rotatable bonds is 4. The fourth-order valence-corrected chi connectivity index (χ4v) is 3.47. The van der Waals surface area contributed by atoms with E-state index in [0.29, 0.717) is 36.7 Å². The van der Waals surface area contributed by atoms with Crippen LogP contribution in [0.25, 0.3) is 0 Å². The average molecular weight is 362 g/mol. The minimum absolute atomic E-state index is 0.00964. The first-order valence-corrected chi connectivity index (χ1v) is 8.88. The van der Waals surface area contributed by atoms with Crippen LogP contribution in [0.3, 0.4) is 0 Å². The van der Waals surface area contributed by atoms with Gasteiger partial charge in [0, 0.05) is 31.9 Å². The van der Waals surface area contributed by atoms with Gasteiger partial charge in [0.2, 0.25) is 5.91 Å². The van der Waals surface area contributed by atoms with Crippen molar-refractivity contribution >= 4 is 28.8 Å². The van der Waals surface area contributed by atoms with E-state index in [-0.39, 0.29) is 24.2 Å². The summed E-state index contributed by atoms with van der Waals surface area (Å²) in [4.78, 5) is 33.1. The Bertz CT molecular complexity index is 754. The molecule has 2 heterocycles. The molecule has 1 aromatic heterocycles. The Kier molecular flexibility index (Phi) is 5.40. The summed E-state index contributed by atoms with van der Waals surface area (Å²) < 4.78 is 12.9. The molecule has 1 saturated heterocycles. The highest BCUT2D eigenvalue weighted by Gasteiger charge is 2.25. The molecule has 0 saturated carbocycles. The van der Waals surface area contributed by atoms with Crippen LogP contribution in [0.4, 0.5) is 10.1 Å². The van der Waals surface area contributed by atoms with Crippen molar-refractivity contribution in [3.8, 4) is 0 Å². The van der Waals surface area contributed by atoms with Gasteiger partial charge in [0.05, 0.1) is 17.7 Å². The smallest absolute Gasteiger partial charge is 0.265 e. The number of nitrogens with zero attached hydrogens (tertiary/aromatic N) is 3. The van der Waals surface area contributed by atoms with Crippen LogP contribution in [-0.4, -0.2) is 59.3 Å². The van der Waals surface area contributed by atoms with Crippen molar-refractivity contribution in [3.05, 3.63) is 46.2 Å². The third-order valence-electron chi connectivity index (χ3n) is 4.09. The second kappa shape index (κ2) is 7.71. The Labute approximate surface area is 149 Å². The van der Waals surface area contributed by atoms with Gasteiger partial charge in [-0.1, -0.05) is 0 Å². The van der Waals surface area contributed by atoms with Crippen LogP contribution in [0, 0.1) is 12.7 Å². The number of thiazole rings is 1. The van der Waals surface area contributed by atoms with Crippen molar-refractivity contribution in [3.63, 3.8) is 0 Å². The zero-order valence-corrected chi connectivity index (χ0v) is 14.7.